The van der Waals surface area contributed by atoms with Gasteiger partial charge in [0, 0.05) is 24.8 Å². The van der Waals surface area contributed by atoms with Crippen molar-refractivity contribution in [3.05, 3.63) is 18.2 Å². The van der Waals surface area contributed by atoms with E-state index in [-0.39, 0.29) is 0 Å². The predicted molar refractivity (Wildman–Crippen MR) is 79.4 cm³/mol. The van der Waals surface area contributed by atoms with Gasteiger partial charge in [0.15, 0.2) is 17.5 Å². The summed E-state index contributed by atoms with van der Waals surface area (Å²) < 4.78 is 10.8. The molecule has 0 saturated carbocycles. The zero-order valence-corrected chi connectivity index (χ0v) is 12.1. The van der Waals surface area contributed by atoms with Crippen LogP contribution in [-0.4, -0.2) is 32.8 Å². The molecule has 0 amide bonds. The normalized spacial score (nSPS) is 11.1. The largest absolute Gasteiger partial charge is 0.493 e. The SMILES string of the molecule is CCN=C(NCC)Nc1ccc(OC)c(OCC)c1. The standard InChI is InChI=1S/C14H23N3O2/c1-5-15-14(16-6-2)17-11-8-9-12(18-4)13(10-11)19-7-3/h8-10H,5-7H2,1-4H3,(H2,15,16,17). The smallest absolute Gasteiger partial charge is 0.195 e. The molecule has 0 aliphatic carbocycles. The van der Waals surface area contributed by atoms with Gasteiger partial charge in [0.1, 0.15) is 0 Å². The fourth-order valence-electron chi connectivity index (χ4n) is 1.62. The van der Waals surface area contributed by atoms with Gasteiger partial charge in [-0.3, -0.25) is 4.99 Å². The lowest BCUT2D eigenvalue weighted by Crippen LogP contribution is -2.30. The maximum atomic E-state index is 5.54. The van der Waals surface area contributed by atoms with Gasteiger partial charge >= 0.3 is 0 Å². The Hall–Kier alpha value is -1.91. The molecule has 0 atom stereocenters. The van der Waals surface area contributed by atoms with Crippen molar-refractivity contribution in [2.45, 2.75) is 20.8 Å². The molecule has 0 saturated heterocycles. The Morgan fingerprint density at radius 2 is 2.00 bits per heavy atom. The van der Waals surface area contributed by atoms with E-state index in [9.17, 15) is 0 Å². The second-order valence-corrected chi connectivity index (χ2v) is 3.78. The molecular weight excluding hydrogens is 242 g/mol. The van der Waals surface area contributed by atoms with Crippen LogP contribution in [0.15, 0.2) is 23.2 Å². The molecule has 1 aromatic carbocycles. The van der Waals surface area contributed by atoms with Crippen LogP contribution in [-0.2, 0) is 0 Å². The van der Waals surface area contributed by atoms with Crippen LogP contribution in [0.25, 0.3) is 0 Å². The fourth-order valence-corrected chi connectivity index (χ4v) is 1.62. The Morgan fingerprint density at radius 3 is 2.58 bits per heavy atom. The third-order valence-electron chi connectivity index (χ3n) is 2.39. The van der Waals surface area contributed by atoms with Gasteiger partial charge in [-0.25, -0.2) is 0 Å². The minimum absolute atomic E-state index is 0.600. The maximum Gasteiger partial charge on any atom is 0.195 e. The van der Waals surface area contributed by atoms with Gasteiger partial charge < -0.3 is 20.1 Å². The van der Waals surface area contributed by atoms with Crippen LogP contribution >= 0.6 is 0 Å². The van der Waals surface area contributed by atoms with Crippen LogP contribution < -0.4 is 20.1 Å². The molecule has 1 aromatic rings. The molecule has 0 aliphatic rings. The summed E-state index contributed by atoms with van der Waals surface area (Å²) in [5.74, 6) is 2.21. The van der Waals surface area contributed by atoms with Crippen LogP contribution in [0, 0.1) is 0 Å². The molecule has 0 aliphatic heterocycles. The van der Waals surface area contributed by atoms with Crippen LogP contribution in [0.1, 0.15) is 20.8 Å². The highest BCUT2D eigenvalue weighted by Gasteiger charge is 2.06. The number of aliphatic imine (C=N–C) groups is 1. The average molecular weight is 265 g/mol. The predicted octanol–water partition coefficient (Wildman–Crippen LogP) is 2.49. The van der Waals surface area contributed by atoms with E-state index in [2.05, 4.69) is 15.6 Å². The van der Waals surface area contributed by atoms with Crippen molar-refractivity contribution in [2.24, 2.45) is 4.99 Å². The number of methoxy groups -OCH3 is 1. The Labute approximate surface area is 115 Å². The van der Waals surface area contributed by atoms with Crippen molar-refractivity contribution >= 4 is 11.6 Å². The van der Waals surface area contributed by atoms with Crippen molar-refractivity contribution in [3.63, 3.8) is 0 Å². The number of benzene rings is 1. The van der Waals surface area contributed by atoms with Gasteiger partial charge in [0.25, 0.3) is 0 Å². The van der Waals surface area contributed by atoms with E-state index < -0.39 is 0 Å². The van der Waals surface area contributed by atoms with Gasteiger partial charge in [-0.1, -0.05) is 0 Å². The molecule has 1 rings (SSSR count). The molecule has 106 valence electrons. The number of rotatable bonds is 6. The van der Waals surface area contributed by atoms with Gasteiger partial charge in [-0.05, 0) is 32.9 Å². The molecule has 0 bridgehead atoms. The van der Waals surface area contributed by atoms with E-state index in [1.165, 1.54) is 0 Å². The summed E-state index contributed by atoms with van der Waals surface area (Å²) >= 11 is 0. The van der Waals surface area contributed by atoms with E-state index >= 15 is 0 Å². The summed E-state index contributed by atoms with van der Waals surface area (Å²) in [4.78, 5) is 4.35. The van der Waals surface area contributed by atoms with Gasteiger partial charge in [0.2, 0.25) is 0 Å². The zero-order valence-electron chi connectivity index (χ0n) is 12.1. The van der Waals surface area contributed by atoms with Crippen LogP contribution in [0.2, 0.25) is 0 Å². The van der Waals surface area contributed by atoms with Crippen molar-refractivity contribution in [1.29, 1.82) is 0 Å². The summed E-state index contributed by atoms with van der Waals surface area (Å²) in [5.41, 5.74) is 0.914. The van der Waals surface area contributed by atoms with Crippen molar-refractivity contribution in [2.75, 3.05) is 32.1 Å². The van der Waals surface area contributed by atoms with Gasteiger partial charge in [-0.2, -0.15) is 0 Å². The summed E-state index contributed by atoms with van der Waals surface area (Å²) in [7, 11) is 1.63. The first-order chi connectivity index (χ1) is 9.24. The molecule has 0 heterocycles. The summed E-state index contributed by atoms with van der Waals surface area (Å²) in [6, 6.07) is 5.72. The fraction of sp³-hybridized carbons (Fsp3) is 0.500. The monoisotopic (exact) mass is 265 g/mol. The first kappa shape index (κ1) is 15.1. The number of hydrogen-bond acceptors (Lipinski definition) is 3. The summed E-state index contributed by atoms with van der Waals surface area (Å²) in [5, 5.41) is 6.41. The minimum atomic E-state index is 0.600. The molecule has 0 unspecified atom stereocenters. The highest BCUT2D eigenvalue weighted by atomic mass is 16.5. The van der Waals surface area contributed by atoms with Crippen LogP contribution in [0.5, 0.6) is 11.5 Å². The first-order valence-electron chi connectivity index (χ1n) is 6.61. The number of guanidine groups is 1. The van der Waals surface area contributed by atoms with E-state index in [1.54, 1.807) is 7.11 Å². The minimum Gasteiger partial charge on any atom is -0.493 e. The van der Waals surface area contributed by atoms with Crippen molar-refractivity contribution < 1.29 is 9.47 Å². The molecule has 19 heavy (non-hydrogen) atoms. The molecule has 0 spiro atoms. The second kappa shape index (κ2) is 8.24. The lowest BCUT2D eigenvalue weighted by Gasteiger charge is -2.14. The second-order valence-electron chi connectivity index (χ2n) is 3.78. The van der Waals surface area contributed by atoms with E-state index in [4.69, 9.17) is 9.47 Å². The lowest BCUT2D eigenvalue weighted by molar-refractivity contribution is 0.311. The van der Waals surface area contributed by atoms with Crippen LogP contribution in [0.3, 0.4) is 0 Å². The quantitative estimate of drug-likeness (QED) is 0.613. The molecule has 5 nitrogen and oxygen atoms in total. The van der Waals surface area contributed by atoms with Crippen LogP contribution in [0.4, 0.5) is 5.69 Å². The number of anilines is 1. The maximum absolute atomic E-state index is 5.54. The Morgan fingerprint density at radius 1 is 1.21 bits per heavy atom. The Bertz CT molecular complexity index is 419. The molecule has 0 fully saturated rings. The van der Waals surface area contributed by atoms with Crippen molar-refractivity contribution in [1.82, 2.24) is 5.32 Å². The van der Waals surface area contributed by atoms with E-state index in [0.717, 1.165) is 36.2 Å². The van der Waals surface area contributed by atoms with E-state index in [1.807, 2.05) is 39.0 Å². The van der Waals surface area contributed by atoms with Gasteiger partial charge in [0.05, 0.1) is 13.7 Å². The Kier molecular flexibility index (Phi) is 6.57. The number of hydrogen-bond donors (Lipinski definition) is 2. The average Bonchev–Trinajstić information content (AvgIpc) is 2.40. The molecular formula is C14H23N3O2. The number of ether oxygens (including phenoxy) is 2. The molecule has 5 heteroatoms. The van der Waals surface area contributed by atoms with Gasteiger partial charge in [-0.15, -0.1) is 0 Å². The number of nitrogens with one attached hydrogen (secondary N) is 2. The van der Waals surface area contributed by atoms with E-state index in [0.29, 0.717) is 6.61 Å². The third-order valence-corrected chi connectivity index (χ3v) is 2.39. The Balaban J connectivity index is 2.88. The molecule has 0 aromatic heterocycles. The zero-order chi connectivity index (χ0) is 14.1. The first-order valence-corrected chi connectivity index (χ1v) is 6.61. The molecule has 2 N–H and O–H groups in total. The topological polar surface area (TPSA) is 54.9 Å². The third kappa shape index (κ3) is 4.69. The highest BCUT2D eigenvalue weighted by Crippen LogP contribution is 2.30. The number of nitrogens with zero attached hydrogens (tertiary/aromatic N) is 1. The van der Waals surface area contributed by atoms with Crippen molar-refractivity contribution in [3.8, 4) is 11.5 Å². The summed E-state index contributed by atoms with van der Waals surface area (Å²) in [6.45, 7) is 8.13. The molecule has 0 radical (unpaired) electrons. The lowest BCUT2D eigenvalue weighted by atomic mass is 10.2. The summed E-state index contributed by atoms with van der Waals surface area (Å²) in [6.07, 6.45) is 0. The highest BCUT2D eigenvalue weighted by molar-refractivity contribution is 5.93.